The standard InChI is InChI=1S/C15H21BrN4O/c16-12-2-4-14(18-10-12)19-5-7-20(8-6-19)15(21)11-1-3-13(17)9-11/h2,4,10-11,13H,1,3,5-9,17H2/t11-,13+/m0/s1. The number of carbonyl (C=O) groups excluding carboxylic acids is 1. The quantitative estimate of drug-likeness (QED) is 0.878. The molecule has 0 unspecified atom stereocenters. The first kappa shape index (κ1) is 14.8. The Labute approximate surface area is 133 Å². The van der Waals surface area contributed by atoms with E-state index in [1.54, 1.807) is 0 Å². The number of piperazine rings is 1. The van der Waals surface area contributed by atoms with E-state index in [-0.39, 0.29) is 12.0 Å². The predicted molar refractivity (Wildman–Crippen MR) is 86.0 cm³/mol. The summed E-state index contributed by atoms with van der Waals surface area (Å²) in [6.07, 6.45) is 4.60. The summed E-state index contributed by atoms with van der Waals surface area (Å²) >= 11 is 3.40. The maximum absolute atomic E-state index is 12.5. The van der Waals surface area contributed by atoms with Crippen LogP contribution < -0.4 is 10.6 Å². The third kappa shape index (κ3) is 3.37. The number of aromatic nitrogens is 1. The summed E-state index contributed by atoms with van der Waals surface area (Å²) in [6.45, 7) is 3.25. The molecule has 3 rings (SSSR count). The molecule has 2 atom stereocenters. The van der Waals surface area contributed by atoms with Crippen LogP contribution in [0.15, 0.2) is 22.8 Å². The molecular formula is C15H21BrN4O. The first-order valence-electron chi connectivity index (χ1n) is 7.54. The molecule has 0 spiro atoms. The summed E-state index contributed by atoms with van der Waals surface area (Å²) in [7, 11) is 0. The van der Waals surface area contributed by atoms with Gasteiger partial charge in [-0.1, -0.05) is 0 Å². The van der Waals surface area contributed by atoms with Gasteiger partial charge in [0.25, 0.3) is 0 Å². The molecular weight excluding hydrogens is 332 g/mol. The molecule has 5 nitrogen and oxygen atoms in total. The summed E-state index contributed by atoms with van der Waals surface area (Å²) in [5.41, 5.74) is 5.91. The second-order valence-corrected chi connectivity index (χ2v) is 6.83. The lowest BCUT2D eigenvalue weighted by atomic mass is 10.1. The number of hydrogen-bond acceptors (Lipinski definition) is 4. The minimum absolute atomic E-state index is 0.150. The second kappa shape index (κ2) is 6.32. The maximum atomic E-state index is 12.5. The highest BCUT2D eigenvalue weighted by atomic mass is 79.9. The third-order valence-electron chi connectivity index (χ3n) is 4.45. The number of nitrogens with two attached hydrogens (primary N) is 1. The van der Waals surface area contributed by atoms with Crippen LogP contribution in [0.25, 0.3) is 0 Å². The predicted octanol–water partition coefficient (Wildman–Crippen LogP) is 1.62. The lowest BCUT2D eigenvalue weighted by molar-refractivity contribution is -0.135. The summed E-state index contributed by atoms with van der Waals surface area (Å²) in [5.74, 6) is 1.43. The van der Waals surface area contributed by atoms with Crippen molar-refractivity contribution in [2.45, 2.75) is 25.3 Å². The maximum Gasteiger partial charge on any atom is 0.225 e. The average Bonchev–Trinajstić information content (AvgIpc) is 2.94. The van der Waals surface area contributed by atoms with Gasteiger partial charge >= 0.3 is 0 Å². The van der Waals surface area contributed by atoms with Crippen molar-refractivity contribution in [2.75, 3.05) is 31.1 Å². The molecule has 1 amide bonds. The number of rotatable bonds is 2. The molecule has 1 aliphatic carbocycles. The molecule has 1 saturated carbocycles. The molecule has 1 saturated heterocycles. The molecule has 6 heteroatoms. The Kier molecular flexibility index (Phi) is 4.45. The molecule has 2 aliphatic rings. The molecule has 21 heavy (non-hydrogen) atoms. The zero-order valence-corrected chi connectivity index (χ0v) is 13.6. The fraction of sp³-hybridized carbons (Fsp3) is 0.600. The molecule has 0 bridgehead atoms. The van der Waals surface area contributed by atoms with Crippen molar-refractivity contribution in [3.05, 3.63) is 22.8 Å². The van der Waals surface area contributed by atoms with Crippen LogP contribution in [-0.4, -0.2) is 48.0 Å². The molecule has 0 radical (unpaired) electrons. The van der Waals surface area contributed by atoms with Gasteiger partial charge in [0.1, 0.15) is 5.82 Å². The van der Waals surface area contributed by atoms with Gasteiger partial charge in [-0.2, -0.15) is 0 Å². The van der Waals surface area contributed by atoms with Gasteiger partial charge in [0.2, 0.25) is 5.91 Å². The highest BCUT2D eigenvalue weighted by molar-refractivity contribution is 9.10. The van der Waals surface area contributed by atoms with Gasteiger partial charge in [-0.3, -0.25) is 4.79 Å². The van der Waals surface area contributed by atoms with Crippen LogP contribution in [0.5, 0.6) is 0 Å². The van der Waals surface area contributed by atoms with Gasteiger partial charge in [-0.15, -0.1) is 0 Å². The van der Waals surface area contributed by atoms with Crippen LogP contribution in [0.2, 0.25) is 0 Å². The lowest BCUT2D eigenvalue weighted by Gasteiger charge is -2.36. The molecule has 1 aliphatic heterocycles. The van der Waals surface area contributed by atoms with E-state index in [4.69, 9.17) is 5.73 Å². The van der Waals surface area contributed by atoms with Crippen molar-refractivity contribution in [2.24, 2.45) is 11.7 Å². The minimum atomic E-state index is 0.150. The molecule has 114 valence electrons. The first-order chi connectivity index (χ1) is 10.1. The summed E-state index contributed by atoms with van der Waals surface area (Å²) in [6, 6.07) is 4.23. The van der Waals surface area contributed by atoms with Crippen LogP contribution in [0.4, 0.5) is 5.82 Å². The molecule has 2 fully saturated rings. The van der Waals surface area contributed by atoms with E-state index in [0.717, 1.165) is 55.7 Å². The van der Waals surface area contributed by atoms with Crippen LogP contribution in [0.3, 0.4) is 0 Å². The number of anilines is 1. The summed E-state index contributed by atoms with van der Waals surface area (Å²) < 4.78 is 0.984. The van der Waals surface area contributed by atoms with Crippen molar-refractivity contribution in [3.63, 3.8) is 0 Å². The smallest absolute Gasteiger partial charge is 0.225 e. The highest BCUT2D eigenvalue weighted by Crippen LogP contribution is 2.26. The van der Waals surface area contributed by atoms with E-state index in [0.29, 0.717) is 5.91 Å². The number of carbonyl (C=O) groups is 1. The Morgan fingerprint density at radius 1 is 1.24 bits per heavy atom. The van der Waals surface area contributed by atoms with Gasteiger partial charge in [0, 0.05) is 48.8 Å². The molecule has 1 aromatic heterocycles. The Bertz CT molecular complexity index is 499. The van der Waals surface area contributed by atoms with Crippen molar-refractivity contribution >= 4 is 27.7 Å². The van der Waals surface area contributed by atoms with Crippen LogP contribution in [-0.2, 0) is 4.79 Å². The van der Waals surface area contributed by atoms with Crippen molar-refractivity contribution < 1.29 is 4.79 Å². The largest absolute Gasteiger partial charge is 0.353 e. The van der Waals surface area contributed by atoms with E-state index in [1.165, 1.54) is 0 Å². The fourth-order valence-corrected chi connectivity index (χ4v) is 3.44. The van der Waals surface area contributed by atoms with Gasteiger partial charge in [-0.05, 0) is 47.3 Å². The zero-order chi connectivity index (χ0) is 14.8. The number of halogens is 1. The SMILES string of the molecule is N[C@@H]1CC[C@H](C(=O)N2CCN(c3ccc(Br)cn3)CC2)C1. The van der Waals surface area contributed by atoms with E-state index < -0.39 is 0 Å². The summed E-state index contributed by atoms with van der Waals surface area (Å²) in [4.78, 5) is 21.1. The van der Waals surface area contributed by atoms with Gasteiger partial charge in [0.05, 0.1) is 0 Å². The Morgan fingerprint density at radius 2 is 2.00 bits per heavy atom. The number of hydrogen-bond donors (Lipinski definition) is 1. The molecule has 1 aromatic rings. The Balaban J connectivity index is 1.55. The van der Waals surface area contributed by atoms with Gasteiger partial charge < -0.3 is 15.5 Å². The van der Waals surface area contributed by atoms with E-state index in [2.05, 4.69) is 25.8 Å². The topological polar surface area (TPSA) is 62.5 Å². The third-order valence-corrected chi connectivity index (χ3v) is 4.92. The van der Waals surface area contributed by atoms with Crippen molar-refractivity contribution in [3.8, 4) is 0 Å². The normalized spacial score (nSPS) is 26.2. The summed E-state index contributed by atoms with van der Waals surface area (Å²) in [5, 5.41) is 0. The Morgan fingerprint density at radius 3 is 2.57 bits per heavy atom. The average molecular weight is 353 g/mol. The molecule has 0 aromatic carbocycles. The highest BCUT2D eigenvalue weighted by Gasteiger charge is 2.32. The fourth-order valence-electron chi connectivity index (χ4n) is 3.21. The van der Waals surface area contributed by atoms with Crippen LogP contribution in [0, 0.1) is 5.92 Å². The first-order valence-corrected chi connectivity index (χ1v) is 8.33. The number of nitrogens with zero attached hydrogens (tertiary/aromatic N) is 3. The second-order valence-electron chi connectivity index (χ2n) is 5.92. The van der Waals surface area contributed by atoms with Gasteiger partial charge in [0.15, 0.2) is 0 Å². The minimum Gasteiger partial charge on any atom is -0.353 e. The van der Waals surface area contributed by atoms with Crippen molar-refractivity contribution in [1.82, 2.24) is 9.88 Å². The van der Waals surface area contributed by atoms with Crippen LogP contribution in [0.1, 0.15) is 19.3 Å². The monoisotopic (exact) mass is 352 g/mol. The molecule has 2 N–H and O–H groups in total. The van der Waals surface area contributed by atoms with E-state index in [9.17, 15) is 4.79 Å². The van der Waals surface area contributed by atoms with Crippen molar-refractivity contribution in [1.29, 1.82) is 0 Å². The van der Waals surface area contributed by atoms with Gasteiger partial charge in [-0.25, -0.2) is 4.98 Å². The zero-order valence-electron chi connectivity index (χ0n) is 12.0. The molecule has 2 heterocycles. The van der Waals surface area contributed by atoms with Crippen LogP contribution >= 0.6 is 15.9 Å². The Hall–Kier alpha value is -1.14. The lowest BCUT2D eigenvalue weighted by Crippen LogP contribution is -2.50. The number of pyridine rings is 1. The van der Waals surface area contributed by atoms with E-state index in [1.807, 2.05) is 23.2 Å². The number of amides is 1. The van der Waals surface area contributed by atoms with E-state index >= 15 is 0 Å².